The molecule has 1 N–H and O–H groups in total. The lowest BCUT2D eigenvalue weighted by Gasteiger charge is -2.15. The van der Waals surface area contributed by atoms with Gasteiger partial charge < -0.3 is 5.32 Å². The molecule has 2 heterocycles. The second-order valence-electron chi connectivity index (χ2n) is 5.25. The average molecular weight is 297 g/mol. The maximum atomic E-state index is 13.7. The topological polar surface area (TPSA) is 46.4 Å². The van der Waals surface area contributed by atoms with Gasteiger partial charge in [0, 0.05) is 18.3 Å². The molecule has 5 heteroatoms. The Balaban J connectivity index is 1.81. The Morgan fingerprint density at radius 1 is 1.23 bits per heavy atom. The SMILES string of the molecule is C[C@H](Cc1ccccc1F)Nc1cc(=O)n2ccccc2n1. The molecule has 0 amide bonds. The first-order valence-electron chi connectivity index (χ1n) is 7.12. The summed E-state index contributed by atoms with van der Waals surface area (Å²) >= 11 is 0. The third-order valence-electron chi connectivity index (χ3n) is 3.45. The van der Waals surface area contributed by atoms with Gasteiger partial charge in [0.1, 0.15) is 17.3 Å². The molecule has 0 radical (unpaired) electrons. The van der Waals surface area contributed by atoms with Crippen LogP contribution in [0.3, 0.4) is 0 Å². The molecule has 2 aromatic heterocycles. The molecular formula is C17H16FN3O. The lowest BCUT2D eigenvalue weighted by atomic mass is 10.1. The lowest BCUT2D eigenvalue weighted by molar-refractivity contribution is 0.601. The van der Waals surface area contributed by atoms with Crippen molar-refractivity contribution in [3.63, 3.8) is 0 Å². The van der Waals surface area contributed by atoms with E-state index >= 15 is 0 Å². The predicted octanol–water partition coefficient (Wildman–Crippen LogP) is 2.88. The number of rotatable bonds is 4. The number of anilines is 1. The van der Waals surface area contributed by atoms with Crippen molar-refractivity contribution in [2.45, 2.75) is 19.4 Å². The highest BCUT2D eigenvalue weighted by Gasteiger charge is 2.09. The highest BCUT2D eigenvalue weighted by Crippen LogP contribution is 2.12. The number of halogens is 1. The van der Waals surface area contributed by atoms with Crippen molar-refractivity contribution in [3.8, 4) is 0 Å². The van der Waals surface area contributed by atoms with E-state index in [4.69, 9.17) is 0 Å². The molecule has 0 spiro atoms. The Kier molecular flexibility index (Phi) is 3.87. The largest absolute Gasteiger partial charge is 0.367 e. The van der Waals surface area contributed by atoms with Crippen LogP contribution in [-0.2, 0) is 6.42 Å². The second kappa shape index (κ2) is 5.97. The summed E-state index contributed by atoms with van der Waals surface area (Å²) in [5, 5.41) is 3.16. The van der Waals surface area contributed by atoms with E-state index in [1.54, 1.807) is 30.5 Å². The van der Waals surface area contributed by atoms with Gasteiger partial charge in [-0.1, -0.05) is 24.3 Å². The number of nitrogens with one attached hydrogen (secondary N) is 1. The van der Waals surface area contributed by atoms with Crippen molar-refractivity contribution >= 4 is 11.5 Å². The van der Waals surface area contributed by atoms with Crippen LogP contribution < -0.4 is 10.9 Å². The van der Waals surface area contributed by atoms with Crippen molar-refractivity contribution < 1.29 is 4.39 Å². The molecule has 3 aromatic rings. The number of pyridine rings is 1. The summed E-state index contributed by atoms with van der Waals surface area (Å²) in [7, 11) is 0. The van der Waals surface area contributed by atoms with Gasteiger partial charge in [-0.3, -0.25) is 9.20 Å². The summed E-state index contributed by atoms with van der Waals surface area (Å²) in [5.74, 6) is 0.280. The standard InChI is InChI=1S/C17H16FN3O/c1-12(10-13-6-2-3-7-14(13)18)19-15-11-17(22)21-9-5-4-8-16(21)20-15/h2-9,11-12,19H,10H2,1H3/t12-/m1/s1. The van der Waals surface area contributed by atoms with Crippen molar-refractivity contribution in [1.82, 2.24) is 9.38 Å². The summed E-state index contributed by atoms with van der Waals surface area (Å²) < 4.78 is 15.1. The monoisotopic (exact) mass is 297 g/mol. The molecule has 3 rings (SSSR count). The van der Waals surface area contributed by atoms with Crippen LogP contribution >= 0.6 is 0 Å². The molecule has 0 saturated carbocycles. The van der Waals surface area contributed by atoms with E-state index in [1.807, 2.05) is 19.1 Å². The van der Waals surface area contributed by atoms with E-state index in [9.17, 15) is 9.18 Å². The normalized spacial score (nSPS) is 12.3. The molecule has 1 aromatic carbocycles. The first kappa shape index (κ1) is 14.3. The lowest BCUT2D eigenvalue weighted by Crippen LogP contribution is -2.22. The number of hydrogen-bond donors (Lipinski definition) is 1. The summed E-state index contributed by atoms with van der Waals surface area (Å²) in [6.07, 6.45) is 2.19. The predicted molar refractivity (Wildman–Crippen MR) is 84.7 cm³/mol. The van der Waals surface area contributed by atoms with Crippen LogP contribution in [0.1, 0.15) is 12.5 Å². The first-order valence-corrected chi connectivity index (χ1v) is 7.12. The molecule has 0 aliphatic heterocycles. The molecule has 22 heavy (non-hydrogen) atoms. The van der Waals surface area contributed by atoms with E-state index in [2.05, 4.69) is 10.3 Å². The summed E-state index contributed by atoms with van der Waals surface area (Å²) in [6, 6.07) is 13.5. The molecule has 0 aliphatic carbocycles. The minimum absolute atomic E-state index is 0.0463. The van der Waals surface area contributed by atoms with E-state index in [0.29, 0.717) is 23.4 Å². The molecule has 1 atom stereocenters. The zero-order valence-corrected chi connectivity index (χ0v) is 12.2. The van der Waals surface area contributed by atoms with Crippen LogP contribution in [-0.4, -0.2) is 15.4 Å². The van der Waals surface area contributed by atoms with Gasteiger partial charge in [-0.25, -0.2) is 9.37 Å². The van der Waals surface area contributed by atoms with Crippen molar-refractivity contribution in [2.24, 2.45) is 0 Å². The van der Waals surface area contributed by atoms with Gasteiger partial charge in [-0.05, 0) is 37.1 Å². The Labute approximate surface area is 127 Å². The number of benzene rings is 1. The molecule has 0 saturated heterocycles. The zero-order valence-electron chi connectivity index (χ0n) is 12.2. The molecular weight excluding hydrogens is 281 g/mol. The van der Waals surface area contributed by atoms with Gasteiger partial charge >= 0.3 is 0 Å². The molecule has 0 aliphatic rings. The maximum Gasteiger partial charge on any atom is 0.259 e. The van der Waals surface area contributed by atoms with Gasteiger partial charge in [0.05, 0.1) is 0 Å². The quantitative estimate of drug-likeness (QED) is 0.805. The smallest absolute Gasteiger partial charge is 0.259 e. The van der Waals surface area contributed by atoms with Crippen LogP contribution in [0, 0.1) is 5.82 Å². The minimum Gasteiger partial charge on any atom is -0.367 e. The number of fused-ring (bicyclic) bond motifs is 1. The Bertz CT molecular complexity index is 860. The van der Waals surface area contributed by atoms with Crippen LogP contribution in [0.4, 0.5) is 10.2 Å². The number of hydrogen-bond acceptors (Lipinski definition) is 3. The van der Waals surface area contributed by atoms with E-state index < -0.39 is 0 Å². The molecule has 0 fully saturated rings. The fourth-order valence-electron chi connectivity index (χ4n) is 2.42. The van der Waals surface area contributed by atoms with E-state index in [-0.39, 0.29) is 17.4 Å². The van der Waals surface area contributed by atoms with Crippen LogP contribution in [0.25, 0.3) is 5.65 Å². The van der Waals surface area contributed by atoms with Crippen LogP contribution in [0.2, 0.25) is 0 Å². The van der Waals surface area contributed by atoms with Gasteiger partial charge in [-0.15, -0.1) is 0 Å². The second-order valence-corrected chi connectivity index (χ2v) is 5.25. The average Bonchev–Trinajstić information content (AvgIpc) is 2.49. The van der Waals surface area contributed by atoms with Gasteiger partial charge in [-0.2, -0.15) is 0 Å². The van der Waals surface area contributed by atoms with Gasteiger partial charge in [0.2, 0.25) is 0 Å². The number of nitrogens with zero attached hydrogens (tertiary/aromatic N) is 2. The third kappa shape index (κ3) is 2.98. The fourth-order valence-corrected chi connectivity index (χ4v) is 2.42. The third-order valence-corrected chi connectivity index (χ3v) is 3.45. The molecule has 112 valence electrons. The Morgan fingerprint density at radius 2 is 2.00 bits per heavy atom. The summed E-state index contributed by atoms with van der Waals surface area (Å²) in [6.45, 7) is 1.93. The van der Waals surface area contributed by atoms with Crippen LogP contribution in [0.5, 0.6) is 0 Å². The van der Waals surface area contributed by atoms with Gasteiger partial charge in [0.15, 0.2) is 0 Å². The first-order chi connectivity index (χ1) is 10.6. The fraction of sp³-hybridized carbons (Fsp3) is 0.176. The summed E-state index contributed by atoms with van der Waals surface area (Å²) in [4.78, 5) is 16.4. The van der Waals surface area contributed by atoms with Gasteiger partial charge in [0.25, 0.3) is 5.56 Å². The van der Waals surface area contributed by atoms with E-state index in [1.165, 1.54) is 16.5 Å². The van der Waals surface area contributed by atoms with Crippen LogP contribution in [0.15, 0.2) is 59.5 Å². The van der Waals surface area contributed by atoms with Crippen molar-refractivity contribution in [1.29, 1.82) is 0 Å². The zero-order chi connectivity index (χ0) is 15.5. The molecule has 0 unspecified atom stereocenters. The molecule has 4 nitrogen and oxygen atoms in total. The Morgan fingerprint density at radius 3 is 2.82 bits per heavy atom. The summed E-state index contributed by atoms with van der Waals surface area (Å²) in [5.41, 5.74) is 1.07. The van der Waals surface area contributed by atoms with Crippen molar-refractivity contribution in [2.75, 3.05) is 5.32 Å². The highest BCUT2D eigenvalue weighted by atomic mass is 19.1. The number of aromatic nitrogens is 2. The van der Waals surface area contributed by atoms with Crippen molar-refractivity contribution in [3.05, 3.63) is 76.5 Å². The van der Waals surface area contributed by atoms with E-state index in [0.717, 1.165) is 0 Å². The highest BCUT2D eigenvalue weighted by molar-refractivity contribution is 5.46. The minimum atomic E-state index is -0.220. The maximum absolute atomic E-state index is 13.7. The Hall–Kier alpha value is -2.69. The molecule has 0 bridgehead atoms.